The first-order valence-electron chi connectivity index (χ1n) is 7.11. The summed E-state index contributed by atoms with van der Waals surface area (Å²) >= 11 is 0. The van der Waals surface area contributed by atoms with Crippen molar-refractivity contribution in [3.8, 4) is 5.82 Å². The molecule has 0 atom stereocenters. The van der Waals surface area contributed by atoms with Crippen LogP contribution >= 0.6 is 0 Å². The fourth-order valence-electron chi connectivity index (χ4n) is 2.16. The van der Waals surface area contributed by atoms with E-state index in [4.69, 9.17) is 5.73 Å². The molecule has 0 unspecified atom stereocenters. The molecule has 0 aliphatic heterocycles. The van der Waals surface area contributed by atoms with E-state index in [2.05, 4.69) is 46.2 Å². The minimum absolute atomic E-state index is 0.480. The standard InChI is InChI=1S/C16H18N6/c1-11(2)12-3-5-13(6-4-12)21-15-14(17)16(20-9-19-15)22-8-7-18-10-22/h3-11H,17H2,1-2H3,(H,19,20,21). The van der Waals surface area contributed by atoms with Gasteiger partial charge in [0, 0.05) is 18.1 Å². The molecule has 6 heteroatoms. The van der Waals surface area contributed by atoms with Crippen LogP contribution in [0.4, 0.5) is 17.2 Å². The number of hydrogen-bond donors (Lipinski definition) is 2. The zero-order valence-electron chi connectivity index (χ0n) is 12.6. The summed E-state index contributed by atoms with van der Waals surface area (Å²) < 4.78 is 1.75. The van der Waals surface area contributed by atoms with E-state index >= 15 is 0 Å². The van der Waals surface area contributed by atoms with Gasteiger partial charge in [-0.1, -0.05) is 26.0 Å². The first kappa shape index (κ1) is 14.1. The van der Waals surface area contributed by atoms with Crippen molar-refractivity contribution < 1.29 is 0 Å². The van der Waals surface area contributed by atoms with E-state index in [-0.39, 0.29) is 0 Å². The van der Waals surface area contributed by atoms with Gasteiger partial charge in [-0.3, -0.25) is 4.57 Å². The summed E-state index contributed by atoms with van der Waals surface area (Å²) in [6, 6.07) is 8.24. The van der Waals surface area contributed by atoms with Crippen LogP contribution in [0.3, 0.4) is 0 Å². The predicted molar refractivity (Wildman–Crippen MR) is 87.4 cm³/mol. The minimum Gasteiger partial charge on any atom is -0.393 e. The molecule has 0 radical (unpaired) electrons. The lowest BCUT2D eigenvalue weighted by Crippen LogP contribution is -2.06. The Hall–Kier alpha value is -2.89. The molecule has 22 heavy (non-hydrogen) atoms. The number of nitrogens with one attached hydrogen (secondary N) is 1. The van der Waals surface area contributed by atoms with Crippen LogP contribution in [0.1, 0.15) is 25.3 Å². The second-order valence-corrected chi connectivity index (χ2v) is 5.33. The summed E-state index contributed by atoms with van der Waals surface area (Å²) in [6.07, 6.45) is 6.61. The number of imidazole rings is 1. The van der Waals surface area contributed by atoms with Crippen LogP contribution < -0.4 is 11.1 Å². The van der Waals surface area contributed by atoms with Gasteiger partial charge in [-0.15, -0.1) is 0 Å². The highest BCUT2D eigenvalue weighted by Gasteiger charge is 2.10. The normalized spacial score (nSPS) is 10.9. The predicted octanol–water partition coefficient (Wildman–Crippen LogP) is 3.11. The van der Waals surface area contributed by atoms with E-state index in [1.807, 2.05) is 12.1 Å². The van der Waals surface area contributed by atoms with E-state index in [1.165, 1.54) is 11.9 Å². The van der Waals surface area contributed by atoms with E-state index in [0.717, 1.165) is 5.69 Å². The fourth-order valence-corrected chi connectivity index (χ4v) is 2.16. The fraction of sp³-hybridized carbons (Fsp3) is 0.188. The van der Waals surface area contributed by atoms with E-state index in [1.54, 1.807) is 23.3 Å². The summed E-state index contributed by atoms with van der Waals surface area (Å²) in [5.74, 6) is 1.69. The van der Waals surface area contributed by atoms with Crippen LogP contribution in [-0.2, 0) is 0 Å². The molecule has 1 aromatic carbocycles. The molecule has 2 aromatic heterocycles. The number of aromatic nitrogens is 4. The van der Waals surface area contributed by atoms with Gasteiger partial charge >= 0.3 is 0 Å². The highest BCUT2D eigenvalue weighted by molar-refractivity contribution is 5.73. The Bertz CT molecular complexity index is 747. The molecule has 0 aliphatic rings. The Morgan fingerprint density at radius 1 is 1.14 bits per heavy atom. The van der Waals surface area contributed by atoms with E-state index < -0.39 is 0 Å². The Balaban J connectivity index is 1.88. The van der Waals surface area contributed by atoms with E-state index in [9.17, 15) is 0 Å². The molecule has 0 spiro atoms. The van der Waals surface area contributed by atoms with Gasteiger partial charge in [0.2, 0.25) is 0 Å². The molecule has 3 aromatic rings. The monoisotopic (exact) mass is 294 g/mol. The van der Waals surface area contributed by atoms with E-state index in [0.29, 0.717) is 23.2 Å². The number of nitrogen functional groups attached to an aromatic ring is 1. The first-order valence-corrected chi connectivity index (χ1v) is 7.11. The molecule has 0 amide bonds. The highest BCUT2D eigenvalue weighted by atomic mass is 15.1. The van der Waals surface area contributed by atoms with Crippen molar-refractivity contribution in [2.24, 2.45) is 0 Å². The minimum atomic E-state index is 0.480. The summed E-state index contributed by atoms with van der Waals surface area (Å²) in [5, 5.41) is 3.23. The quantitative estimate of drug-likeness (QED) is 0.772. The average Bonchev–Trinajstić information content (AvgIpc) is 3.04. The number of benzene rings is 1. The van der Waals surface area contributed by atoms with Gasteiger partial charge in [-0.2, -0.15) is 0 Å². The molecule has 3 rings (SSSR count). The van der Waals surface area contributed by atoms with Gasteiger partial charge in [0.1, 0.15) is 18.3 Å². The van der Waals surface area contributed by atoms with Crippen molar-refractivity contribution >= 4 is 17.2 Å². The van der Waals surface area contributed by atoms with Crippen LogP contribution in [0, 0.1) is 0 Å². The Labute approximate surface area is 129 Å². The summed E-state index contributed by atoms with van der Waals surface area (Å²) in [4.78, 5) is 12.4. The molecular formula is C16H18N6. The maximum Gasteiger partial charge on any atom is 0.166 e. The number of hydrogen-bond acceptors (Lipinski definition) is 5. The molecule has 0 saturated carbocycles. The van der Waals surface area contributed by atoms with Gasteiger partial charge in [-0.05, 0) is 23.6 Å². The van der Waals surface area contributed by atoms with Crippen LogP contribution in [0.2, 0.25) is 0 Å². The zero-order valence-corrected chi connectivity index (χ0v) is 12.6. The largest absolute Gasteiger partial charge is 0.393 e. The zero-order chi connectivity index (χ0) is 15.5. The van der Waals surface area contributed by atoms with Crippen LogP contribution in [0.5, 0.6) is 0 Å². The van der Waals surface area contributed by atoms with Crippen LogP contribution in [0.25, 0.3) is 5.82 Å². The van der Waals surface area contributed by atoms with Gasteiger partial charge in [-0.25, -0.2) is 15.0 Å². The van der Waals surface area contributed by atoms with Crippen molar-refractivity contribution in [2.75, 3.05) is 11.1 Å². The van der Waals surface area contributed by atoms with Crippen molar-refractivity contribution in [1.82, 2.24) is 19.5 Å². The smallest absolute Gasteiger partial charge is 0.166 e. The molecular weight excluding hydrogens is 276 g/mol. The Kier molecular flexibility index (Phi) is 3.74. The van der Waals surface area contributed by atoms with Crippen molar-refractivity contribution in [2.45, 2.75) is 19.8 Å². The number of nitrogens with two attached hydrogens (primary N) is 1. The molecule has 6 nitrogen and oxygen atoms in total. The topological polar surface area (TPSA) is 81.7 Å². The second-order valence-electron chi connectivity index (χ2n) is 5.33. The molecule has 0 aliphatic carbocycles. The van der Waals surface area contributed by atoms with Crippen molar-refractivity contribution in [3.05, 3.63) is 54.9 Å². The van der Waals surface area contributed by atoms with Gasteiger partial charge in [0.05, 0.1) is 0 Å². The first-order chi connectivity index (χ1) is 10.6. The van der Waals surface area contributed by atoms with Crippen molar-refractivity contribution in [3.63, 3.8) is 0 Å². The lowest BCUT2D eigenvalue weighted by Gasteiger charge is -2.12. The summed E-state index contributed by atoms with van der Waals surface area (Å²) in [6.45, 7) is 4.34. The number of anilines is 3. The summed E-state index contributed by atoms with van der Waals surface area (Å²) in [5.41, 5.74) is 8.87. The Morgan fingerprint density at radius 3 is 2.55 bits per heavy atom. The maximum absolute atomic E-state index is 6.16. The SMILES string of the molecule is CC(C)c1ccc(Nc2ncnc(-n3ccnc3)c2N)cc1. The highest BCUT2D eigenvalue weighted by Crippen LogP contribution is 2.25. The van der Waals surface area contributed by atoms with Crippen LogP contribution in [-0.4, -0.2) is 19.5 Å². The molecule has 2 heterocycles. The molecule has 3 N–H and O–H groups in total. The number of rotatable bonds is 4. The lowest BCUT2D eigenvalue weighted by molar-refractivity contribution is 0.867. The second kappa shape index (κ2) is 5.85. The average molecular weight is 294 g/mol. The third-order valence-electron chi connectivity index (χ3n) is 3.45. The van der Waals surface area contributed by atoms with Gasteiger partial charge < -0.3 is 11.1 Å². The third kappa shape index (κ3) is 2.76. The molecule has 0 fully saturated rings. The summed E-state index contributed by atoms with van der Waals surface area (Å²) in [7, 11) is 0. The van der Waals surface area contributed by atoms with Crippen molar-refractivity contribution in [1.29, 1.82) is 0 Å². The van der Waals surface area contributed by atoms with Gasteiger partial charge in [0.15, 0.2) is 11.6 Å². The van der Waals surface area contributed by atoms with Crippen LogP contribution in [0.15, 0.2) is 49.3 Å². The third-order valence-corrected chi connectivity index (χ3v) is 3.45. The lowest BCUT2D eigenvalue weighted by atomic mass is 10.0. The number of nitrogens with zero attached hydrogens (tertiary/aromatic N) is 4. The maximum atomic E-state index is 6.16. The van der Waals surface area contributed by atoms with Gasteiger partial charge in [0.25, 0.3) is 0 Å². The molecule has 112 valence electrons. The Morgan fingerprint density at radius 2 is 1.91 bits per heavy atom. The molecule has 0 bridgehead atoms. The molecule has 0 saturated heterocycles.